The van der Waals surface area contributed by atoms with E-state index < -0.39 is 15.9 Å². The maximum atomic E-state index is 12.1. The molecule has 0 unspecified atom stereocenters. The minimum Gasteiger partial charge on any atom is -0.497 e. The third-order valence-electron chi connectivity index (χ3n) is 3.89. The third-order valence-corrected chi connectivity index (χ3v) is 4.45. The number of carbonyl (C=O) groups is 1. The molecule has 130 valence electrons. The Hall–Kier alpha value is -2.80. The van der Waals surface area contributed by atoms with Gasteiger partial charge in [0.2, 0.25) is 10.0 Å². The van der Waals surface area contributed by atoms with Crippen molar-refractivity contribution in [3.8, 4) is 11.4 Å². The molecule has 1 N–H and O–H groups in total. The number of amides is 1. The van der Waals surface area contributed by atoms with Crippen LogP contribution in [0.1, 0.15) is 15.9 Å². The second-order valence-corrected chi connectivity index (χ2v) is 7.56. The van der Waals surface area contributed by atoms with Gasteiger partial charge in [0.15, 0.2) is 0 Å². The molecule has 0 bridgehead atoms. The summed E-state index contributed by atoms with van der Waals surface area (Å²) in [5.74, 6) is 0.137. The number of fused-ring (bicyclic) bond motifs is 1. The van der Waals surface area contributed by atoms with Crippen LogP contribution in [0.25, 0.3) is 16.6 Å². The monoisotopic (exact) mass is 358 g/mol. The van der Waals surface area contributed by atoms with Gasteiger partial charge >= 0.3 is 0 Å². The van der Waals surface area contributed by atoms with Gasteiger partial charge in [-0.1, -0.05) is 0 Å². The lowest BCUT2D eigenvalue weighted by atomic mass is 10.1. The molecule has 3 rings (SSSR count). The topological polar surface area (TPSA) is 77.4 Å². The van der Waals surface area contributed by atoms with Crippen molar-refractivity contribution in [2.75, 3.05) is 13.4 Å². The molecule has 25 heavy (non-hydrogen) atoms. The van der Waals surface area contributed by atoms with Crippen LogP contribution in [0.3, 0.4) is 0 Å². The number of aromatic nitrogens is 1. The molecular formula is C18H18N2O4S. The lowest BCUT2D eigenvalue weighted by Crippen LogP contribution is -2.29. The normalized spacial score (nSPS) is 11.5. The number of ether oxygens (including phenoxy) is 1. The first kappa shape index (κ1) is 17.0. The van der Waals surface area contributed by atoms with E-state index in [0.29, 0.717) is 5.56 Å². The van der Waals surface area contributed by atoms with E-state index in [1.165, 1.54) is 0 Å². The summed E-state index contributed by atoms with van der Waals surface area (Å²) in [6.45, 7) is 1.95. The van der Waals surface area contributed by atoms with Crippen LogP contribution >= 0.6 is 0 Å². The Kier molecular flexibility index (Phi) is 4.26. The van der Waals surface area contributed by atoms with E-state index in [4.69, 9.17) is 4.74 Å². The van der Waals surface area contributed by atoms with Gasteiger partial charge in [-0.3, -0.25) is 4.79 Å². The molecule has 0 atom stereocenters. The molecule has 0 aliphatic heterocycles. The summed E-state index contributed by atoms with van der Waals surface area (Å²) in [5, 5.41) is 0.886. The quantitative estimate of drug-likeness (QED) is 0.778. The predicted octanol–water partition coefficient (Wildman–Crippen LogP) is 2.64. The van der Waals surface area contributed by atoms with Crippen molar-refractivity contribution in [2.24, 2.45) is 0 Å². The third kappa shape index (κ3) is 3.51. The van der Waals surface area contributed by atoms with Gasteiger partial charge in [-0.15, -0.1) is 0 Å². The minimum absolute atomic E-state index is 0.300. The lowest BCUT2D eigenvalue weighted by molar-refractivity contribution is 0.0982. The summed E-state index contributed by atoms with van der Waals surface area (Å²) >= 11 is 0. The number of hydrogen-bond acceptors (Lipinski definition) is 4. The zero-order valence-electron chi connectivity index (χ0n) is 14.1. The lowest BCUT2D eigenvalue weighted by Gasteiger charge is -2.07. The number of methoxy groups -OCH3 is 1. The first-order valence-electron chi connectivity index (χ1n) is 7.57. The van der Waals surface area contributed by atoms with Crippen LogP contribution in [-0.2, 0) is 10.0 Å². The van der Waals surface area contributed by atoms with Crippen LogP contribution in [0.15, 0.2) is 48.7 Å². The highest BCUT2D eigenvalue weighted by molar-refractivity contribution is 7.89. The second-order valence-electron chi connectivity index (χ2n) is 5.82. The molecule has 1 aromatic heterocycles. The minimum atomic E-state index is -3.60. The Labute approximate surface area is 146 Å². The molecule has 7 heteroatoms. The molecule has 1 heterocycles. The number of sulfonamides is 1. The van der Waals surface area contributed by atoms with Crippen LogP contribution in [0, 0.1) is 6.92 Å². The highest BCUT2D eigenvalue weighted by Crippen LogP contribution is 2.26. The van der Waals surface area contributed by atoms with Gasteiger partial charge in [-0.2, -0.15) is 0 Å². The molecule has 0 saturated carbocycles. The fourth-order valence-corrected chi connectivity index (χ4v) is 3.17. The van der Waals surface area contributed by atoms with Crippen LogP contribution in [0.4, 0.5) is 0 Å². The Bertz CT molecular complexity index is 1050. The first-order chi connectivity index (χ1) is 11.8. The standard InChI is InChI=1S/C18H18N2O4S/c1-12-11-20(14-5-7-15(24-2)8-6-14)17-9-4-13(10-16(12)17)18(21)19-25(3,22)23/h4-11H,1-3H3,(H,19,21). The van der Waals surface area contributed by atoms with Gasteiger partial charge in [0.25, 0.3) is 5.91 Å². The Morgan fingerprint density at radius 1 is 1.12 bits per heavy atom. The SMILES string of the molecule is COc1ccc(-n2cc(C)c3cc(C(=O)NS(C)(=O)=O)ccc32)cc1. The Balaban J connectivity index is 2.05. The summed E-state index contributed by atoms with van der Waals surface area (Å²) in [7, 11) is -1.98. The van der Waals surface area contributed by atoms with E-state index in [9.17, 15) is 13.2 Å². The molecular weight excluding hydrogens is 340 g/mol. The molecule has 0 aliphatic rings. The average Bonchev–Trinajstić information content (AvgIpc) is 2.90. The number of hydrogen-bond donors (Lipinski definition) is 1. The van der Waals surface area contributed by atoms with Crippen LogP contribution in [0.2, 0.25) is 0 Å². The van der Waals surface area contributed by atoms with E-state index in [0.717, 1.165) is 34.2 Å². The van der Waals surface area contributed by atoms with Gasteiger partial charge in [0.05, 0.1) is 18.9 Å². The smallest absolute Gasteiger partial charge is 0.264 e. The maximum Gasteiger partial charge on any atom is 0.264 e. The maximum absolute atomic E-state index is 12.1. The largest absolute Gasteiger partial charge is 0.497 e. The van der Waals surface area contributed by atoms with Gasteiger partial charge in [0, 0.05) is 22.8 Å². The number of carbonyl (C=O) groups excluding carboxylic acids is 1. The molecule has 0 aliphatic carbocycles. The van der Waals surface area contributed by atoms with Gasteiger partial charge < -0.3 is 9.30 Å². The fourth-order valence-electron chi connectivity index (χ4n) is 2.72. The van der Waals surface area contributed by atoms with Gasteiger partial charge in [-0.05, 0) is 55.0 Å². The molecule has 2 aromatic carbocycles. The molecule has 1 amide bonds. The Morgan fingerprint density at radius 3 is 2.40 bits per heavy atom. The number of benzene rings is 2. The van der Waals surface area contributed by atoms with Crippen molar-refractivity contribution < 1.29 is 17.9 Å². The molecule has 3 aromatic rings. The van der Waals surface area contributed by atoms with Crippen LogP contribution in [0.5, 0.6) is 5.75 Å². The van der Waals surface area contributed by atoms with Crippen molar-refractivity contribution in [3.63, 3.8) is 0 Å². The Morgan fingerprint density at radius 2 is 1.80 bits per heavy atom. The van der Waals surface area contributed by atoms with Crippen molar-refractivity contribution in [1.29, 1.82) is 0 Å². The zero-order valence-corrected chi connectivity index (χ0v) is 14.9. The molecule has 0 radical (unpaired) electrons. The summed E-state index contributed by atoms with van der Waals surface area (Å²) < 4.78 is 31.7. The average molecular weight is 358 g/mol. The zero-order chi connectivity index (χ0) is 18.2. The number of nitrogens with zero attached hydrogens (tertiary/aromatic N) is 1. The molecule has 0 spiro atoms. The second kappa shape index (κ2) is 6.25. The number of rotatable bonds is 4. The highest BCUT2D eigenvalue weighted by atomic mass is 32.2. The van der Waals surface area contributed by atoms with E-state index in [-0.39, 0.29) is 0 Å². The first-order valence-corrected chi connectivity index (χ1v) is 9.46. The van der Waals surface area contributed by atoms with E-state index in [1.807, 2.05) is 52.7 Å². The van der Waals surface area contributed by atoms with Crippen molar-refractivity contribution in [3.05, 3.63) is 59.8 Å². The van der Waals surface area contributed by atoms with Gasteiger partial charge in [0.1, 0.15) is 5.75 Å². The fraction of sp³-hybridized carbons (Fsp3) is 0.167. The summed E-state index contributed by atoms with van der Waals surface area (Å²) in [6, 6.07) is 12.8. The van der Waals surface area contributed by atoms with E-state index >= 15 is 0 Å². The van der Waals surface area contributed by atoms with Gasteiger partial charge in [-0.25, -0.2) is 13.1 Å². The van der Waals surface area contributed by atoms with E-state index in [1.54, 1.807) is 19.2 Å². The summed E-state index contributed by atoms with van der Waals surface area (Å²) in [5.41, 5.74) is 3.18. The van der Waals surface area contributed by atoms with Crippen molar-refractivity contribution in [1.82, 2.24) is 9.29 Å². The van der Waals surface area contributed by atoms with Crippen LogP contribution < -0.4 is 9.46 Å². The highest BCUT2D eigenvalue weighted by Gasteiger charge is 2.14. The van der Waals surface area contributed by atoms with Crippen molar-refractivity contribution >= 4 is 26.8 Å². The van der Waals surface area contributed by atoms with Crippen molar-refractivity contribution in [2.45, 2.75) is 6.92 Å². The molecule has 6 nitrogen and oxygen atoms in total. The molecule has 0 fully saturated rings. The predicted molar refractivity (Wildman–Crippen MR) is 96.9 cm³/mol. The molecule has 0 saturated heterocycles. The van der Waals surface area contributed by atoms with E-state index in [2.05, 4.69) is 0 Å². The number of aryl methyl sites for hydroxylation is 1. The summed E-state index contributed by atoms with van der Waals surface area (Å²) in [6.07, 6.45) is 2.93. The number of nitrogens with one attached hydrogen (secondary N) is 1. The summed E-state index contributed by atoms with van der Waals surface area (Å²) in [4.78, 5) is 12.1. The van der Waals surface area contributed by atoms with Crippen LogP contribution in [-0.4, -0.2) is 32.3 Å².